The quantitative estimate of drug-likeness (QED) is 0.413. The number of hydrogen-bond acceptors (Lipinski definition) is 4. The molecule has 0 fully saturated rings. The van der Waals surface area contributed by atoms with Crippen molar-refractivity contribution >= 4 is 33.3 Å². The molecular formula is C20H12N2OS. The Kier molecular flexibility index (Phi) is 2.96. The number of rotatable bonds is 2. The maximum Gasteiger partial charge on any atom is 0.237 e. The Morgan fingerprint density at radius 3 is 2.50 bits per heavy atom. The van der Waals surface area contributed by atoms with E-state index in [-0.39, 0.29) is 0 Å². The average molecular weight is 328 g/mol. The van der Waals surface area contributed by atoms with Gasteiger partial charge in [-0.2, -0.15) is 0 Å². The van der Waals surface area contributed by atoms with Crippen LogP contribution in [0.1, 0.15) is 0 Å². The van der Waals surface area contributed by atoms with E-state index in [0.717, 1.165) is 37.3 Å². The second-order valence-electron chi connectivity index (χ2n) is 5.57. The molecule has 0 aliphatic rings. The molecule has 0 amide bonds. The van der Waals surface area contributed by atoms with Crippen LogP contribution in [0.3, 0.4) is 0 Å². The molecule has 3 aromatic heterocycles. The van der Waals surface area contributed by atoms with E-state index in [4.69, 9.17) is 4.42 Å². The van der Waals surface area contributed by atoms with Gasteiger partial charge in [-0.15, -0.1) is 11.3 Å². The summed E-state index contributed by atoms with van der Waals surface area (Å²) < 4.78 is 5.86. The highest BCUT2D eigenvalue weighted by molar-refractivity contribution is 7.18. The number of oxazole rings is 1. The summed E-state index contributed by atoms with van der Waals surface area (Å²) in [5.41, 5.74) is 3.82. The Morgan fingerprint density at radius 2 is 1.58 bits per heavy atom. The molecular weight excluding hydrogens is 316 g/mol. The summed E-state index contributed by atoms with van der Waals surface area (Å²) in [4.78, 5) is 11.3. The van der Waals surface area contributed by atoms with Gasteiger partial charge in [-0.1, -0.05) is 30.3 Å². The van der Waals surface area contributed by atoms with Crippen LogP contribution in [0.4, 0.5) is 0 Å². The minimum atomic E-state index is 0.668. The van der Waals surface area contributed by atoms with E-state index in [9.17, 15) is 0 Å². The SMILES string of the molecule is c1ccc2ncc(-c3ccc(-c4nc5ccccc5o4)s3)cc2c1. The zero-order chi connectivity index (χ0) is 15.9. The number of aromatic nitrogens is 2. The van der Waals surface area contributed by atoms with Gasteiger partial charge in [-0.3, -0.25) is 4.98 Å². The summed E-state index contributed by atoms with van der Waals surface area (Å²) >= 11 is 1.67. The van der Waals surface area contributed by atoms with Crippen molar-refractivity contribution in [2.45, 2.75) is 0 Å². The Balaban J connectivity index is 1.58. The van der Waals surface area contributed by atoms with E-state index in [1.54, 1.807) is 11.3 Å². The van der Waals surface area contributed by atoms with Gasteiger partial charge >= 0.3 is 0 Å². The maximum absolute atomic E-state index is 5.86. The van der Waals surface area contributed by atoms with Crippen LogP contribution < -0.4 is 0 Å². The van der Waals surface area contributed by atoms with Crippen LogP contribution in [0.5, 0.6) is 0 Å². The van der Waals surface area contributed by atoms with Gasteiger partial charge in [0.1, 0.15) is 5.52 Å². The van der Waals surface area contributed by atoms with Gasteiger partial charge in [0.15, 0.2) is 5.58 Å². The van der Waals surface area contributed by atoms with Crippen LogP contribution in [0.25, 0.3) is 43.2 Å². The zero-order valence-electron chi connectivity index (χ0n) is 12.6. The maximum atomic E-state index is 5.86. The summed E-state index contributed by atoms with van der Waals surface area (Å²) in [6.45, 7) is 0. The summed E-state index contributed by atoms with van der Waals surface area (Å²) in [6, 6.07) is 22.3. The molecule has 0 saturated carbocycles. The number of para-hydroxylation sites is 3. The fourth-order valence-electron chi connectivity index (χ4n) is 2.79. The second kappa shape index (κ2) is 5.28. The van der Waals surface area contributed by atoms with Crippen LogP contribution in [0.2, 0.25) is 0 Å². The Morgan fingerprint density at radius 1 is 0.792 bits per heavy atom. The standard InChI is InChI=1S/C20H12N2OS/c1-2-6-15-13(5-1)11-14(12-21-15)18-9-10-19(24-18)20-22-16-7-3-4-8-17(16)23-20/h1-12H. The third-order valence-corrected chi connectivity index (χ3v) is 5.11. The lowest BCUT2D eigenvalue weighted by Crippen LogP contribution is -1.79. The van der Waals surface area contributed by atoms with E-state index >= 15 is 0 Å². The fourth-order valence-corrected chi connectivity index (χ4v) is 3.70. The number of nitrogens with zero attached hydrogens (tertiary/aromatic N) is 2. The summed E-state index contributed by atoms with van der Waals surface area (Å²) in [6.07, 6.45) is 1.92. The van der Waals surface area contributed by atoms with Gasteiger partial charge < -0.3 is 4.42 Å². The van der Waals surface area contributed by atoms with Crippen LogP contribution in [0, 0.1) is 0 Å². The van der Waals surface area contributed by atoms with Crippen molar-refractivity contribution in [1.82, 2.24) is 9.97 Å². The zero-order valence-corrected chi connectivity index (χ0v) is 13.5. The van der Waals surface area contributed by atoms with Crippen molar-refractivity contribution in [2.24, 2.45) is 0 Å². The molecule has 0 atom stereocenters. The molecule has 3 heterocycles. The van der Waals surface area contributed by atoms with Crippen molar-refractivity contribution in [3.63, 3.8) is 0 Å². The molecule has 0 aliphatic heterocycles. The molecule has 5 aromatic rings. The third kappa shape index (κ3) is 2.20. The number of hydrogen-bond donors (Lipinski definition) is 0. The fraction of sp³-hybridized carbons (Fsp3) is 0. The third-order valence-electron chi connectivity index (χ3n) is 3.99. The van der Waals surface area contributed by atoms with Gasteiger partial charge in [0.25, 0.3) is 0 Å². The summed E-state index contributed by atoms with van der Waals surface area (Å²) in [5, 5.41) is 1.15. The van der Waals surface area contributed by atoms with Gasteiger partial charge in [0.05, 0.1) is 10.4 Å². The van der Waals surface area contributed by atoms with Crippen LogP contribution in [0.15, 0.2) is 77.3 Å². The normalized spacial score (nSPS) is 11.3. The molecule has 4 heteroatoms. The Labute approximate surface area is 142 Å². The highest BCUT2D eigenvalue weighted by Crippen LogP contribution is 2.35. The first-order chi connectivity index (χ1) is 11.9. The number of pyridine rings is 1. The van der Waals surface area contributed by atoms with Gasteiger partial charge in [0, 0.05) is 22.0 Å². The van der Waals surface area contributed by atoms with E-state index < -0.39 is 0 Å². The topological polar surface area (TPSA) is 38.9 Å². The van der Waals surface area contributed by atoms with Crippen molar-refractivity contribution in [2.75, 3.05) is 0 Å². The smallest absolute Gasteiger partial charge is 0.237 e. The molecule has 24 heavy (non-hydrogen) atoms. The van der Waals surface area contributed by atoms with Crippen LogP contribution >= 0.6 is 11.3 Å². The van der Waals surface area contributed by atoms with E-state index in [1.807, 2.05) is 48.7 Å². The lowest BCUT2D eigenvalue weighted by molar-refractivity contribution is 0.621. The predicted octanol–water partition coefficient (Wildman–Crippen LogP) is 5.77. The molecule has 0 radical (unpaired) electrons. The van der Waals surface area contributed by atoms with Gasteiger partial charge in [-0.25, -0.2) is 4.98 Å². The van der Waals surface area contributed by atoms with Crippen molar-refractivity contribution in [1.29, 1.82) is 0 Å². The van der Waals surface area contributed by atoms with Crippen molar-refractivity contribution in [3.05, 3.63) is 72.9 Å². The molecule has 0 bridgehead atoms. The van der Waals surface area contributed by atoms with E-state index in [0.29, 0.717) is 5.89 Å². The van der Waals surface area contributed by atoms with Gasteiger partial charge in [-0.05, 0) is 36.4 Å². The minimum Gasteiger partial charge on any atom is -0.435 e. The lowest BCUT2D eigenvalue weighted by atomic mass is 10.1. The van der Waals surface area contributed by atoms with Crippen molar-refractivity contribution < 1.29 is 4.42 Å². The largest absolute Gasteiger partial charge is 0.435 e. The predicted molar refractivity (Wildman–Crippen MR) is 98.1 cm³/mol. The van der Waals surface area contributed by atoms with E-state index in [2.05, 4.69) is 34.2 Å². The van der Waals surface area contributed by atoms with Crippen LogP contribution in [-0.4, -0.2) is 9.97 Å². The number of fused-ring (bicyclic) bond motifs is 2. The number of thiophene rings is 1. The molecule has 3 nitrogen and oxygen atoms in total. The Hall–Kier alpha value is -2.98. The molecule has 0 saturated heterocycles. The van der Waals surface area contributed by atoms with E-state index in [1.165, 1.54) is 0 Å². The molecule has 0 unspecified atom stereocenters. The highest BCUT2D eigenvalue weighted by Gasteiger charge is 2.11. The first kappa shape index (κ1) is 13.5. The minimum absolute atomic E-state index is 0.668. The Bertz CT molecular complexity index is 1140. The molecule has 2 aromatic carbocycles. The average Bonchev–Trinajstić information content (AvgIpc) is 3.28. The molecule has 0 N–H and O–H groups in total. The first-order valence-electron chi connectivity index (χ1n) is 7.68. The molecule has 0 aliphatic carbocycles. The highest BCUT2D eigenvalue weighted by atomic mass is 32.1. The summed E-state index contributed by atoms with van der Waals surface area (Å²) in [7, 11) is 0. The molecule has 5 rings (SSSR count). The van der Waals surface area contributed by atoms with Crippen molar-refractivity contribution in [3.8, 4) is 21.2 Å². The van der Waals surface area contributed by atoms with Gasteiger partial charge in [0.2, 0.25) is 5.89 Å². The molecule has 0 spiro atoms. The van der Waals surface area contributed by atoms with Crippen LogP contribution in [-0.2, 0) is 0 Å². The number of benzene rings is 2. The summed E-state index contributed by atoms with van der Waals surface area (Å²) in [5.74, 6) is 0.668. The molecule has 114 valence electrons. The first-order valence-corrected chi connectivity index (χ1v) is 8.49. The second-order valence-corrected chi connectivity index (χ2v) is 6.65. The monoisotopic (exact) mass is 328 g/mol. The lowest BCUT2D eigenvalue weighted by Gasteiger charge is -2.00.